The molecule has 0 aliphatic rings. The van der Waals surface area contributed by atoms with Crippen LogP contribution in [0.4, 0.5) is 0 Å². The van der Waals surface area contributed by atoms with E-state index in [2.05, 4.69) is 11.6 Å². The second kappa shape index (κ2) is 3.17. The number of carboxylic acids is 1. The summed E-state index contributed by atoms with van der Waals surface area (Å²) in [6.45, 7) is 5.39. The average molecular weight is 163 g/mol. The van der Waals surface area contributed by atoms with Gasteiger partial charge < -0.3 is 5.11 Å². The Balaban J connectivity index is 3.22. The first kappa shape index (κ1) is 8.46. The van der Waals surface area contributed by atoms with E-state index in [0.717, 1.165) is 5.56 Å². The van der Waals surface area contributed by atoms with Gasteiger partial charge in [-0.1, -0.05) is 12.6 Å². The molecule has 1 aromatic heterocycles. The van der Waals surface area contributed by atoms with Gasteiger partial charge in [-0.3, -0.25) is 0 Å². The fourth-order valence-corrected chi connectivity index (χ4v) is 0.870. The molecule has 1 heterocycles. The van der Waals surface area contributed by atoms with Crippen LogP contribution < -0.4 is 0 Å². The summed E-state index contributed by atoms with van der Waals surface area (Å²) in [4.78, 5) is 14.4. The smallest absolute Gasteiger partial charge is 0.354 e. The number of hydrogen-bond donors (Lipinski definition) is 1. The lowest BCUT2D eigenvalue weighted by Gasteiger charge is -1.99. The molecule has 0 aliphatic heterocycles. The zero-order chi connectivity index (χ0) is 9.14. The van der Waals surface area contributed by atoms with Gasteiger partial charge in [0.25, 0.3) is 0 Å². The Hall–Kier alpha value is -1.64. The number of aryl methyl sites for hydroxylation is 1. The second-order valence-corrected chi connectivity index (χ2v) is 2.41. The monoisotopic (exact) mass is 163 g/mol. The van der Waals surface area contributed by atoms with Crippen molar-refractivity contribution in [2.45, 2.75) is 6.92 Å². The highest BCUT2D eigenvalue weighted by atomic mass is 16.4. The van der Waals surface area contributed by atoms with Gasteiger partial charge >= 0.3 is 5.97 Å². The van der Waals surface area contributed by atoms with Crippen molar-refractivity contribution in [1.29, 1.82) is 0 Å². The molecular formula is C9H9NO2. The van der Waals surface area contributed by atoms with Crippen molar-refractivity contribution >= 4 is 12.0 Å². The van der Waals surface area contributed by atoms with Gasteiger partial charge in [0.2, 0.25) is 0 Å². The predicted octanol–water partition coefficient (Wildman–Crippen LogP) is 1.73. The highest BCUT2D eigenvalue weighted by Gasteiger charge is 2.05. The van der Waals surface area contributed by atoms with E-state index in [4.69, 9.17) is 5.11 Å². The zero-order valence-electron chi connectivity index (χ0n) is 6.74. The van der Waals surface area contributed by atoms with E-state index >= 15 is 0 Å². The zero-order valence-corrected chi connectivity index (χ0v) is 6.74. The van der Waals surface area contributed by atoms with Gasteiger partial charge in [-0.25, -0.2) is 9.78 Å². The molecule has 0 saturated heterocycles. The second-order valence-electron chi connectivity index (χ2n) is 2.41. The molecule has 1 aromatic rings. The Kier molecular flexibility index (Phi) is 2.24. The van der Waals surface area contributed by atoms with Crippen molar-refractivity contribution in [2.75, 3.05) is 0 Å². The molecule has 0 amide bonds. The third kappa shape index (κ3) is 1.50. The maximum Gasteiger partial charge on any atom is 0.354 e. The molecule has 62 valence electrons. The van der Waals surface area contributed by atoms with Gasteiger partial charge in [0.1, 0.15) is 5.69 Å². The molecule has 0 aliphatic carbocycles. The number of aromatic carboxylic acids is 1. The van der Waals surface area contributed by atoms with E-state index in [1.54, 1.807) is 12.1 Å². The summed E-state index contributed by atoms with van der Waals surface area (Å²) in [6, 6.07) is 3.19. The van der Waals surface area contributed by atoms with Crippen LogP contribution in [0, 0.1) is 6.92 Å². The van der Waals surface area contributed by atoms with Crippen molar-refractivity contribution in [2.24, 2.45) is 0 Å². The molecule has 0 unspecified atom stereocenters. The van der Waals surface area contributed by atoms with E-state index in [1.165, 1.54) is 6.07 Å². The minimum Gasteiger partial charge on any atom is -0.477 e. The summed E-state index contributed by atoms with van der Waals surface area (Å²) in [6.07, 6.45) is 1.54. The number of hydrogen-bond acceptors (Lipinski definition) is 2. The molecule has 0 spiro atoms. The Labute approximate surface area is 70.4 Å². The minimum absolute atomic E-state index is 0.0514. The van der Waals surface area contributed by atoms with Crippen LogP contribution in [-0.4, -0.2) is 16.1 Å². The molecule has 0 aromatic carbocycles. The van der Waals surface area contributed by atoms with E-state index < -0.39 is 5.97 Å². The largest absolute Gasteiger partial charge is 0.477 e. The Morgan fingerprint density at radius 1 is 1.67 bits per heavy atom. The van der Waals surface area contributed by atoms with Crippen molar-refractivity contribution in [3.8, 4) is 0 Å². The third-order valence-electron chi connectivity index (χ3n) is 1.55. The number of pyridine rings is 1. The molecule has 0 radical (unpaired) electrons. The fourth-order valence-electron chi connectivity index (χ4n) is 0.870. The van der Waals surface area contributed by atoms with Gasteiger partial charge in [-0.2, -0.15) is 0 Å². The van der Waals surface area contributed by atoms with Crippen molar-refractivity contribution in [1.82, 2.24) is 4.98 Å². The molecular weight excluding hydrogens is 154 g/mol. The Bertz CT molecular complexity index is 331. The first-order chi connectivity index (χ1) is 5.65. The highest BCUT2D eigenvalue weighted by molar-refractivity contribution is 5.85. The van der Waals surface area contributed by atoms with Crippen LogP contribution in [0.3, 0.4) is 0 Å². The highest BCUT2D eigenvalue weighted by Crippen LogP contribution is 2.07. The lowest BCUT2D eigenvalue weighted by Crippen LogP contribution is -2.01. The predicted molar refractivity (Wildman–Crippen MR) is 46.0 cm³/mol. The van der Waals surface area contributed by atoms with E-state index in [9.17, 15) is 4.79 Å². The van der Waals surface area contributed by atoms with Crippen LogP contribution in [0.15, 0.2) is 18.7 Å². The van der Waals surface area contributed by atoms with Gasteiger partial charge in [0.05, 0.1) is 5.69 Å². The van der Waals surface area contributed by atoms with E-state index in [-0.39, 0.29) is 5.69 Å². The van der Waals surface area contributed by atoms with E-state index in [0.29, 0.717) is 5.69 Å². The van der Waals surface area contributed by atoms with Gasteiger partial charge in [0.15, 0.2) is 0 Å². The van der Waals surface area contributed by atoms with Gasteiger partial charge in [-0.05, 0) is 24.6 Å². The molecule has 0 saturated carbocycles. The molecule has 0 bridgehead atoms. The SMILES string of the molecule is C=Cc1nc(C(=O)O)ccc1C. The summed E-state index contributed by atoms with van der Waals surface area (Å²) in [7, 11) is 0. The number of rotatable bonds is 2. The van der Waals surface area contributed by atoms with Crippen LogP contribution in [0.25, 0.3) is 6.08 Å². The van der Waals surface area contributed by atoms with Gasteiger partial charge in [0, 0.05) is 0 Å². The number of nitrogens with zero attached hydrogens (tertiary/aromatic N) is 1. The molecule has 3 heteroatoms. The fraction of sp³-hybridized carbons (Fsp3) is 0.111. The standard InChI is InChI=1S/C9H9NO2/c1-3-7-6(2)4-5-8(10-7)9(11)12/h3-5H,1H2,2H3,(H,11,12). The third-order valence-corrected chi connectivity index (χ3v) is 1.55. The lowest BCUT2D eigenvalue weighted by molar-refractivity contribution is 0.0690. The van der Waals surface area contributed by atoms with Crippen molar-refractivity contribution in [3.63, 3.8) is 0 Å². The summed E-state index contributed by atoms with van der Waals surface area (Å²) in [5.74, 6) is -1.02. The van der Waals surface area contributed by atoms with Crippen molar-refractivity contribution in [3.05, 3.63) is 35.7 Å². The summed E-state index contributed by atoms with van der Waals surface area (Å²) < 4.78 is 0. The normalized spacial score (nSPS) is 9.42. The topological polar surface area (TPSA) is 50.2 Å². The average Bonchev–Trinajstić information content (AvgIpc) is 2.05. The molecule has 3 nitrogen and oxygen atoms in total. The minimum atomic E-state index is -1.02. The first-order valence-corrected chi connectivity index (χ1v) is 3.48. The molecule has 0 atom stereocenters. The van der Waals surface area contributed by atoms with Gasteiger partial charge in [-0.15, -0.1) is 0 Å². The van der Waals surface area contributed by atoms with Crippen LogP contribution in [0.2, 0.25) is 0 Å². The molecule has 0 fully saturated rings. The van der Waals surface area contributed by atoms with Crippen LogP contribution in [0.1, 0.15) is 21.7 Å². The summed E-state index contributed by atoms with van der Waals surface area (Å²) in [5.41, 5.74) is 1.60. The Morgan fingerprint density at radius 2 is 2.33 bits per heavy atom. The van der Waals surface area contributed by atoms with Crippen LogP contribution in [0.5, 0.6) is 0 Å². The molecule has 1 rings (SSSR count). The number of aromatic nitrogens is 1. The summed E-state index contributed by atoms with van der Waals surface area (Å²) in [5, 5.41) is 8.60. The van der Waals surface area contributed by atoms with E-state index in [1.807, 2.05) is 6.92 Å². The van der Waals surface area contributed by atoms with Crippen LogP contribution >= 0.6 is 0 Å². The maximum atomic E-state index is 10.5. The quantitative estimate of drug-likeness (QED) is 0.722. The Morgan fingerprint density at radius 3 is 2.83 bits per heavy atom. The number of carbonyl (C=O) groups is 1. The van der Waals surface area contributed by atoms with Crippen molar-refractivity contribution < 1.29 is 9.90 Å². The number of carboxylic acid groups (broad SMARTS) is 1. The molecule has 12 heavy (non-hydrogen) atoms. The summed E-state index contributed by atoms with van der Waals surface area (Å²) >= 11 is 0. The maximum absolute atomic E-state index is 10.5. The lowest BCUT2D eigenvalue weighted by atomic mass is 10.2. The first-order valence-electron chi connectivity index (χ1n) is 3.48. The molecule has 1 N–H and O–H groups in total. The van der Waals surface area contributed by atoms with Crippen LogP contribution in [-0.2, 0) is 0 Å².